The summed E-state index contributed by atoms with van der Waals surface area (Å²) in [4.78, 5) is 19.4. The molecule has 7 nitrogen and oxygen atoms in total. The SMILES string of the molecule is C[C@@H](O)[C@H](NCc1cnc(NCc2ccccc2)nc1)C(=O)O. The maximum atomic E-state index is 11.0. The summed E-state index contributed by atoms with van der Waals surface area (Å²) >= 11 is 0. The number of hydrogen-bond acceptors (Lipinski definition) is 6. The summed E-state index contributed by atoms with van der Waals surface area (Å²) in [7, 11) is 0. The Labute approximate surface area is 134 Å². The van der Waals surface area contributed by atoms with Crippen LogP contribution in [0.4, 0.5) is 5.95 Å². The molecule has 0 spiro atoms. The number of nitrogens with one attached hydrogen (secondary N) is 2. The zero-order chi connectivity index (χ0) is 16.7. The van der Waals surface area contributed by atoms with Gasteiger partial charge in [0.05, 0.1) is 6.10 Å². The van der Waals surface area contributed by atoms with Crippen molar-refractivity contribution in [3.8, 4) is 0 Å². The van der Waals surface area contributed by atoms with Gasteiger partial charge in [0.1, 0.15) is 6.04 Å². The second kappa shape index (κ2) is 8.21. The van der Waals surface area contributed by atoms with E-state index in [0.717, 1.165) is 11.1 Å². The van der Waals surface area contributed by atoms with Gasteiger partial charge in [-0.05, 0) is 12.5 Å². The van der Waals surface area contributed by atoms with Gasteiger partial charge in [0.2, 0.25) is 5.95 Å². The molecule has 0 aliphatic rings. The highest BCUT2D eigenvalue weighted by atomic mass is 16.4. The van der Waals surface area contributed by atoms with Crippen LogP contribution in [0.5, 0.6) is 0 Å². The zero-order valence-electron chi connectivity index (χ0n) is 12.8. The van der Waals surface area contributed by atoms with E-state index in [2.05, 4.69) is 20.6 Å². The van der Waals surface area contributed by atoms with Crippen molar-refractivity contribution >= 4 is 11.9 Å². The van der Waals surface area contributed by atoms with Crippen molar-refractivity contribution in [1.82, 2.24) is 15.3 Å². The Balaban J connectivity index is 1.85. The number of anilines is 1. The largest absolute Gasteiger partial charge is 0.480 e. The molecular weight excluding hydrogens is 296 g/mol. The first-order chi connectivity index (χ1) is 11.1. The third kappa shape index (κ3) is 5.32. The van der Waals surface area contributed by atoms with Gasteiger partial charge in [-0.15, -0.1) is 0 Å². The van der Waals surface area contributed by atoms with Gasteiger partial charge >= 0.3 is 5.97 Å². The van der Waals surface area contributed by atoms with Crippen molar-refractivity contribution in [1.29, 1.82) is 0 Å². The number of rotatable bonds is 8. The third-order valence-electron chi connectivity index (χ3n) is 3.27. The van der Waals surface area contributed by atoms with E-state index < -0.39 is 18.1 Å². The minimum atomic E-state index is -1.10. The summed E-state index contributed by atoms with van der Waals surface area (Å²) in [6.45, 7) is 2.32. The van der Waals surface area contributed by atoms with Crippen molar-refractivity contribution in [2.75, 3.05) is 5.32 Å². The van der Waals surface area contributed by atoms with Crippen molar-refractivity contribution in [2.45, 2.75) is 32.2 Å². The highest BCUT2D eigenvalue weighted by molar-refractivity contribution is 5.74. The van der Waals surface area contributed by atoms with Gasteiger partial charge in [-0.2, -0.15) is 0 Å². The predicted molar refractivity (Wildman–Crippen MR) is 85.7 cm³/mol. The van der Waals surface area contributed by atoms with Crippen molar-refractivity contribution in [3.63, 3.8) is 0 Å². The monoisotopic (exact) mass is 316 g/mol. The molecular formula is C16H20N4O3. The van der Waals surface area contributed by atoms with Crippen LogP contribution in [0.25, 0.3) is 0 Å². The molecule has 0 fully saturated rings. The van der Waals surface area contributed by atoms with E-state index in [-0.39, 0.29) is 6.54 Å². The van der Waals surface area contributed by atoms with Gasteiger partial charge in [0, 0.05) is 31.0 Å². The molecule has 1 heterocycles. The van der Waals surface area contributed by atoms with Crippen LogP contribution in [0.1, 0.15) is 18.1 Å². The number of aromatic nitrogens is 2. The number of benzene rings is 1. The first-order valence-electron chi connectivity index (χ1n) is 7.29. The Morgan fingerprint density at radius 2 is 1.78 bits per heavy atom. The molecule has 0 amide bonds. The minimum absolute atomic E-state index is 0.265. The Bertz CT molecular complexity index is 617. The van der Waals surface area contributed by atoms with Crippen LogP contribution in [-0.4, -0.2) is 38.3 Å². The highest BCUT2D eigenvalue weighted by Gasteiger charge is 2.22. The number of carboxylic acids is 1. The molecule has 0 saturated heterocycles. The fourth-order valence-electron chi connectivity index (χ4n) is 2.01. The fraction of sp³-hybridized carbons (Fsp3) is 0.312. The molecule has 2 atom stereocenters. The van der Waals surface area contributed by atoms with E-state index in [4.69, 9.17) is 5.11 Å². The number of carboxylic acid groups (broad SMARTS) is 1. The molecule has 0 bridgehead atoms. The molecule has 0 unspecified atom stereocenters. The first kappa shape index (κ1) is 16.9. The van der Waals surface area contributed by atoms with Crippen molar-refractivity contribution in [3.05, 3.63) is 53.9 Å². The normalized spacial score (nSPS) is 13.3. The van der Waals surface area contributed by atoms with E-state index in [1.807, 2.05) is 30.3 Å². The molecule has 0 radical (unpaired) electrons. The zero-order valence-corrected chi connectivity index (χ0v) is 12.8. The van der Waals surface area contributed by atoms with Crippen molar-refractivity contribution in [2.24, 2.45) is 0 Å². The number of aliphatic hydroxyl groups excluding tert-OH is 1. The average molecular weight is 316 g/mol. The van der Waals surface area contributed by atoms with Gasteiger partial charge in [-0.1, -0.05) is 30.3 Å². The molecule has 1 aromatic heterocycles. The molecule has 0 saturated carbocycles. The van der Waals surface area contributed by atoms with Gasteiger partial charge in [0.25, 0.3) is 0 Å². The number of nitrogens with zero attached hydrogens (tertiary/aromatic N) is 2. The maximum absolute atomic E-state index is 11.0. The van der Waals surface area contributed by atoms with Gasteiger partial charge in [0.15, 0.2) is 0 Å². The van der Waals surface area contributed by atoms with Crippen LogP contribution in [0.2, 0.25) is 0 Å². The Morgan fingerprint density at radius 3 is 2.35 bits per heavy atom. The number of aliphatic carboxylic acids is 1. The summed E-state index contributed by atoms with van der Waals surface area (Å²) in [5, 5.41) is 24.3. The van der Waals surface area contributed by atoms with E-state index in [9.17, 15) is 9.90 Å². The van der Waals surface area contributed by atoms with Crippen LogP contribution in [0.15, 0.2) is 42.7 Å². The minimum Gasteiger partial charge on any atom is -0.480 e. The van der Waals surface area contributed by atoms with E-state index in [1.165, 1.54) is 6.92 Å². The molecule has 0 aliphatic heterocycles. The molecule has 2 aromatic rings. The summed E-state index contributed by atoms with van der Waals surface area (Å²) in [6, 6.07) is 8.88. The lowest BCUT2D eigenvalue weighted by Gasteiger charge is -2.16. The quantitative estimate of drug-likeness (QED) is 0.576. The summed E-state index contributed by atoms with van der Waals surface area (Å²) in [5.41, 5.74) is 1.87. The smallest absolute Gasteiger partial charge is 0.323 e. The summed E-state index contributed by atoms with van der Waals surface area (Å²) in [6.07, 6.45) is 2.25. The fourth-order valence-corrected chi connectivity index (χ4v) is 2.01. The molecule has 122 valence electrons. The second-order valence-electron chi connectivity index (χ2n) is 5.19. The molecule has 0 aliphatic carbocycles. The Morgan fingerprint density at radius 1 is 1.13 bits per heavy atom. The molecule has 7 heteroatoms. The Kier molecular flexibility index (Phi) is 6.02. The highest BCUT2D eigenvalue weighted by Crippen LogP contribution is 2.05. The van der Waals surface area contributed by atoms with Gasteiger partial charge < -0.3 is 15.5 Å². The maximum Gasteiger partial charge on any atom is 0.323 e. The Hall–Kier alpha value is -2.51. The number of carbonyl (C=O) groups is 1. The third-order valence-corrected chi connectivity index (χ3v) is 3.27. The summed E-state index contributed by atoms with van der Waals surface area (Å²) < 4.78 is 0. The lowest BCUT2D eigenvalue weighted by atomic mass is 10.2. The van der Waals surface area contributed by atoms with Crippen LogP contribution in [-0.2, 0) is 17.9 Å². The topological polar surface area (TPSA) is 107 Å². The van der Waals surface area contributed by atoms with Crippen molar-refractivity contribution < 1.29 is 15.0 Å². The first-order valence-corrected chi connectivity index (χ1v) is 7.29. The van der Waals surface area contributed by atoms with Gasteiger partial charge in [-0.3, -0.25) is 10.1 Å². The number of aliphatic hydroxyl groups is 1. The second-order valence-corrected chi connectivity index (χ2v) is 5.19. The van der Waals surface area contributed by atoms with E-state index in [1.54, 1.807) is 12.4 Å². The molecule has 2 rings (SSSR count). The number of hydrogen-bond donors (Lipinski definition) is 4. The lowest BCUT2D eigenvalue weighted by Crippen LogP contribution is -2.44. The van der Waals surface area contributed by atoms with Crippen LogP contribution < -0.4 is 10.6 Å². The molecule has 23 heavy (non-hydrogen) atoms. The van der Waals surface area contributed by atoms with E-state index in [0.29, 0.717) is 12.5 Å². The van der Waals surface area contributed by atoms with Crippen LogP contribution >= 0.6 is 0 Å². The van der Waals surface area contributed by atoms with E-state index >= 15 is 0 Å². The average Bonchev–Trinajstić information content (AvgIpc) is 2.54. The summed E-state index contributed by atoms with van der Waals surface area (Å²) in [5.74, 6) is -0.593. The predicted octanol–water partition coefficient (Wildman–Crippen LogP) is 1.01. The lowest BCUT2D eigenvalue weighted by molar-refractivity contribution is -0.142. The van der Waals surface area contributed by atoms with Crippen LogP contribution in [0, 0.1) is 0 Å². The van der Waals surface area contributed by atoms with Crippen LogP contribution in [0.3, 0.4) is 0 Å². The standard InChI is InChI=1S/C16H20N4O3/c1-11(21)14(15(22)23)17-8-13-9-19-16(20-10-13)18-7-12-5-3-2-4-6-12/h2-6,9-11,14,17,21H,7-8H2,1H3,(H,22,23)(H,18,19,20)/t11-,14+/m1/s1. The molecule has 4 N–H and O–H groups in total. The molecule has 1 aromatic carbocycles. The van der Waals surface area contributed by atoms with Gasteiger partial charge in [-0.25, -0.2) is 9.97 Å².